The SMILES string of the molecule is Cc1cc(-c2c(-c3ccccc3)nc(N)n3c(=O)n(Cc4nccn4C)nc23)cc(C)n1. The molecule has 5 rings (SSSR count). The van der Waals surface area contributed by atoms with E-state index in [9.17, 15) is 4.79 Å². The minimum atomic E-state index is -0.364. The molecule has 0 unspecified atom stereocenters. The van der Waals surface area contributed by atoms with Crippen LogP contribution >= 0.6 is 0 Å². The van der Waals surface area contributed by atoms with Gasteiger partial charge in [-0.1, -0.05) is 30.3 Å². The standard InChI is InChI=1S/C23H22N8O/c1-14-11-17(12-15(2)26-14)19-20(16-7-5-4-6-8-16)27-22(24)31-21(19)28-30(23(31)32)13-18-25-9-10-29(18)3/h4-12H,13H2,1-3H3,(H2,24,27). The summed E-state index contributed by atoms with van der Waals surface area (Å²) >= 11 is 0. The van der Waals surface area contributed by atoms with Crippen molar-refractivity contribution in [2.75, 3.05) is 5.73 Å². The van der Waals surface area contributed by atoms with E-state index in [1.165, 1.54) is 9.08 Å². The molecule has 4 heterocycles. The summed E-state index contributed by atoms with van der Waals surface area (Å²) in [6.45, 7) is 4.09. The molecule has 5 aromatic rings. The number of nitrogens with zero attached hydrogens (tertiary/aromatic N) is 7. The lowest BCUT2D eigenvalue weighted by molar-refractivity contribution is 0.611. The molecule has 9 nitrogen and oxygen atoms in total. The minimum absolute atomic E-state index is 0.0844. The lowest BCUT2D eigenvalue weighted by atomic mass is 9.99. The van der Waals surface area contributed by atoms with Gasteiger partial charge >= 0.3 is 5.69 Å². The topological polar surface area (TPSA) is 109 Å². The molecule has 2 N–H and O–H groups in total. The van der Waals surface area contributed by atoms with Crippen LogP contribution in [0.1, 0.15) is 17.2 Å². The van der Waals surface area contributed by atoms with E-state index in [0.29, 0.717) is 17.2 Å². The van der Waals surface area contributed by atoms with Crippen molar-refractivity contribution < 1.29 is 0 Å². The molecule has 0 atom stereocenters. The first kappa shape index (κ1) is 19.7. The Morgan fingerprint density at radius 3 is 2.38 bits per heavy atom. The summed E-state index contributed by atoms with van der Waals surface area (Å²) in [5.41, 5.74) is 11.2. The van der Waals surface area contributed by atoms with Crippen molar-refractivity contribution in [3.05, 3.63) is 82.6 Å². The van der Waals surface area contributed by atoms with Crippen LogP contribution in [-0.2, 0) is 13.6 Å². The number of fused-ring (bicyclic) bond motifs is 1. The van der Waals surface area contributed by atoms with Crippen LogP contribution in [0.2, 0.25) is 0 Å². The van der Waals surface area contributed by atoms with E-state index in [1.807, 2.05) is 74.1 Å². The first-order valence-corrected chi connectivity index (χ1v) is 10.2. The maximum absolute atomic E-state index is 13.2. The van der Waals surface area contributed by atoms with E-state index >= 15 is 0 Å². The largest absolute Gasteiger partial charge is 0.369 e. The van der Waals surface area contributed by atoms with Gasteiger partial charge in [0.1, 0.15) is 12.4 Å². The Morgan fingerprint density at radius 1 is 1.00 bits per heavy atom. The van der Waals surface area contributed by atoms with Gasteiger partial charge < -0.3 is 10.3 Å². The number of hydrogen-bond donors (Lipinski definition) is 1. The van der Waals surface area contributed by atoms with E-state index in [0.717, 1.165) is 28.1 Å². The Morgan fingerprint density at radius 2 is 1.72 bits per heavy atom. The smallest absolute Gasteiger partial charge is 0.353 e. The average molecular weight is 426 g/mol. The highest BCUT2D eigenvalue weighted by Crippen LogP contribution is 2.34. The Labute approximate surface area is 183 Å². The summed E-state index contributed by atoms with van der Waals surface area (Å²) in [7, 11) is 1.88. The molecule has 4 aromatic heterocycles. The van der Waals surface area contributed by atoms with Crippen molar-refractivity contribution in [2.24, 2.45) is 7.05 Å². The number of anilines is 1. The molecule has 9 heteroatoms. The van der Waals surface area contributed by atoms with Gasteiger partial charge in [-0.3, -0.25) is 4.98 Å². The molecule has 0 bridgehead atoms. The van der Waals surface area contributed by atoms with Gasteiger partial charge in [-0.15, -0.1) is 5.10 Å². The van der Waals surface area contributed by atoms with Crippen molar-refractivity contribution in [3.63, 3.8) is 0 Å². The molecule has 160 valence electrons. The van der Waals surface area contributed by atoms with Gasteiger partial charge in [0, 0.05) is 36.4 Å². The number of pyridine rings is 1. The predicted molar refractivity (Wildman–Crippen MR) is 122 cm³/mol. The van der Waals surface area contributed by atoms with Gasteiger partial charge in [0.25, 0.3) is 0 Å². The normalized spacial score (nSPS) is 11.3. The maximum atomic E-state index is 13.2. The van der Waals surface area contributed by atoms with Crippen LogP contribution < -0.4 is 11.4 Å². The molecule has 0 fully saturated rings. The van der Waals surface area contributed by atoms with Gasteiger partial charge in [0.2, 0.25) is 5.95 Å². The van der Waals surface area contributed by atoms with Crippen molar-refractivity contribution >= 4 is 11.6 Å². The lowest BCUT2D eigenvalue weighted by Gasteiger charge is -2.13. The zero-order chi connectivity index (χ0) is 22.4. The number of aromatic nitrogens is 7. The molecular formula is C23H22N8O. The summed E-state index contributed by atoms with van der Waals surface area (Å²) < 4.78 is 4.58. The first-order valence-electron chi connectivity index (χ1n) is 10.2. The predicted octanol–water partition coefficient (Wildman–Crippen LogP) is 2.60. The summed E-state index contributed by atoms with van der Waals surface area (Å²) in [5, 5.41) is 4.68. The highest BCUT2D eigenvalue weighted by Gasteiger charge is 2.22. The fraction of sp³-hybridized carbons (Fsp3) is 0.174. The quantitative estimate of drug-likeness (QED) is 0.473. The summed E-state index contributed by atoms with van der Waals surface area (Å²) in [6.07, 6.45) is 3.51. The molecule has 0 saturated heterocycles. The van der Waals surface area contributed by atoms with Gasteiger partial charge in [0.15, 0.2) is 5.65 Å². The Balaban J connectivity index is 1.84. The molecule has 0 amide bonds. The van der Waals surface area contributed by atoms with Crippen molar-refractivity contribution in [1.29, 1.82) is 0 Å². The third-order valence-electron chi connectivity index (χ3n) is 5.38. The van der Waals surface area contributed by atoms with Crippen molar-refractivity contribution in [3.8, 4) is 22.4 Å². The Kier molecular flexibility index (Phi) is 4.58. The molecule has 0 aliphatic rings. The Hall–Kier alpha value is -4.27. The van der Waals surface area contributed by atoms with Gasteiger partial charge in [-0.05, 0) is 31.5 Å². The summed E-state index contributed by atoms with van der Waals surface area (Å²) in [5.74, 6) is 0.795. The zero-order valence-electron chi connectivity index (χ0n) is 18.0. The molecule has 0 saturated carbocycles. The fourth-order valence-electron chi connectivity index (χ4n) is 3.94. The van der Waals surface area contributed by atoms with E-state index in [1.54, 1.807) is 6.20 Å². The molecule has 1 aromatic carbocycles. The van der Waals surface area contributed by atoms with Crippen LogP contribution in [0.15, 0.2) is 59.7 Å². The number of benzene rings is 1. The number of rotatable bonds is 4. The molecular weight excluding hydrogens is 404 g/mol. The van der Waals surface area contributed by atoms with Gasteiger partial charge in [0.05, 0.1) is 11.3 Å². The minimum Gasteiger partial charge on any atom is -0.369 e. The van der Waals surface area contributed by atoms with Crippen molar-refractivity contribution in [2.45, 2.75) is 20.4 Å². The van der Waals surface area contributed by atoms with Crippen LogP contribution in [0.4, 0.5) is 5.95 Å². The summed E-state index contributed by atoms with van der Waals surface area (Å²) in [6, 6.07) is 13.7. The number of nitrogen functional groups attached to an aromatic ring is 1. The number of nitrogens with two attached hydrogens (primary N) is 1. The third-order valence-corrected chi connectivity index (χ3v) is 5.38. The highest BCUT2D eigenvalue weighted by molar-refractivity contribution is 5.90. The van der Waals surface area contributed by atoms with Crippen LogP contribution in [-0.4, -0.2) is 33.7 Å². The zero-order valence-corrected chi connectivity index (χ0v) is 18.0. The molecule has 0 radical (unpaired) electrons. The van der Waals surface area contributed by atoms with E-state index in [2.05, 4.69) is 20.1 Å². The fourth-order valence-corrected chi connectivity index (χ4v) is 3.94. The van der Waals surface area contributed by atoms with E-state index in [-0.39, 0.29) is 18.2 Å². The lowest BCUT2D eigenvalue weighted by Crippen LogP contribution is -2.24. The molecule has 0 aliphatic heterocycles. The number of imidazole rings is 1. The highest BCUT2D eigenvalue weighted by atomic mass is 16.2. The monoisotopic (exact) mass is 426 g/mol. The molecule has 0 aliphatic carbocycles. The van der Waals surface area contributed by atoms with E-state index < -0.39 is 0 Å². The van der Waals surface area contributed by atoms with E-state index in [4.69, 9.17) is 5.73 Å². The molecule has 0 spiro atoms. The Bertz CT molecular complexity index is 1490. The van der Waals surface area contributed by atoms with Gasteiger partial charge in [-0.25, -0.2) is 23.8 Å². The molecule has 32 heavy (non-hydrogen) atoms. The first-order chi connectivity index (χ1) is 15.4. The maximum Gasteiger partial charge on any atom is 0.353 e. The van der Waals surface area contributed by atoms with Crippen LogP contribution in [0, 0.1) is 13.8 Å². The van der Waals surface area contributed by atoms with Crippen LogP contribution in [0.5, 0.6) is 0 Å². The second-order valence-electron chi connectivity index (χ2n) is 7.75. The number of hydrogen-bond acceptors (Lipinski definition) is 6. The summed E-state index contributed by atoms with van der Waals surface area (Å²) in [4.78, 5) is 26.7. The second-order valence-corrected chi connectivity index (χ2v) is 7.75. The number of aryl methyl sites for hydroxylation is 3. The van der Waals surface area contributed by atoms with Crippen molar-refractivity contribution in [1.82, 2.24) is 33.7 Å². The second kappa shape index (κ2) is 7.45. The average Bonchev–Trinajstić information content (AvgIpc) is 3.31. The van der Waals surface area contributed by atoms with Crippen LogP contribution in [0.25, 0.3) is 28.0 Å². The van der Waals surface area contributed by atoms with Gasteiger partial charge in [-0.2, -0.15) is 0 Å². The third kappa shape index (κ3) is 3.24. The van der Waals surface area contributed by atoms with Crippen LogP contribution in [0.3, 0.4) is 0 Å².